The fourth-order valence-corrected chi connectivity index (χ4v) is 2.86. The molecule has 1 atom stereocenters. The molecule has 0 N–H and O–H groups in total. The van der Waals surface area contributed by atoms with Gasteiger partial charge in [0.2, 0.25) is 0 Å². The topological polar surface area (TPSA) is 43.4 Å². The average Bonchev–Trinajstić information content (AvgIpc) is 2.27. The quantitative estimate of drug-likeness (QED) is 0.610. The molecule has 0 saturated carbocycles. The maximum Gasteiger partial charge on any atom is 0.297 e. The van der Waals surface area contributed by atoms with E-state index in [1.807, 2.05) is 27.7 Å². The highest BCUT2D eigenvalue weighted by Crippen LogP contribution is 2.30. The molecule has 19 heavy (non-hydrogen) atoms. The summed E-state index contributed by atoms with van der Waals surface area (Å²) in [6.45, 7) is 11.6. The summed E-state index contributed by atoms with van der Waals surface area (Å²) in [6, 6.07) is 8.21. The molecule has 3 nitrogen and oxygen atoms in total. The smallest absolute Gasteiger partial charge is 0.262 e. The third-order valence-corrected chi connectivity index (χ3v) is 4.11. The first-order valence-corrected chi connectivity index (χ1v) is 7.66. The zero-order valence-electron chi connectivity index (χ0n) is 12.0. The molecule has 1 rings (SSSR count). The molecule has 0 aliphatic rings. The fraction of sp³-hybridized carbons (Fsp3) is 0.467. The second kappa shape index (κ2) is 5.88. The molecule has 1 aromatic rings. The lowest BCUT2D eigenvalue weighted by Gasteiger charge is -2.30. The molecule has 0 aromatic heterocycles. The zero-order chi connectivity index (χ0) is 14.7. The van der Waals surface area contributed by atoms with Crippen LogP contribution in [0.2, 0.25) is 0 Å². The van der Waals surface area contributed by atoms with Crippen molar-refractivity contribution < 1.29 is 12.6 Å². The summed E-state index contributed by atoms with van der Waals surface area (Å²) < 4.78 is 29.8. The molecular formula is C15H22O3S. The summed E-state index contributed by atoms with van der Waals surface area (Å²) in [6.07, 6.45) is 0.102. The molecule has 0 aliphatic heterocycles. The molecule has 0 aliphatic carbocycles. The van der Waals surface area contributed by atoms with Crippen LogP contribution in [0.4, 0.5) is 0 Å². The van der Waals surface area contributed by atoms with Gasteiger partial charge in [0.1, 0.15) is 0 Å². The van der Waals surface area contributed by atoms with E-state index >= 15 is 0 Å². The summed E-state index contributed by atoms with van der Waals surface area (Å²) in [4.78, 5) is 0.186. The molecule has 4 heteroatoms. The molecule has 106 valence electrons. The van der Waals surface area contributed by atoms with Crippen LogP contribution in [0.3, 0.4) is 0 Å². The second-order valence-electron chi connectivity index (χ2n) is 5.88. The van der Waals surface area contributed by atoms with Gasteiger partial charge in [0.05, 0.1) is 11.0 Å². The highest BCUT2D eigenvalue weighted by Gasteiger charge is 2.31. The van der Waals surface area contributed by atoms with E-state index in [1.165, 1.54) is 12.1 Å². The van der Waals surface area contributed by atoms with Gasteiger partial charge in [-0.25, -0.2) is 0 Å². The summed E-state index contributed by atoms with van der Waals surface area (Å²) in [7, 11) is -3.73. The van der Waals surface area contributed by atoms with E-state index < -0.39 is 16.2 Å². The SMILES string of the molecule is C=C(C)CC(OS(=O)(=O)c1ccccc1)C(C)(C)C. The van der Waals surface area contributed by atoms with E-state index in [4.69, 9.17) is 4.18 Å². The highest BCUT2D eigenvalue weighted by molar-refractivity contribution is 7.86. The van der Waals surface area contributed by atoms with Crippen LogP contribution >= 0.6 is 0 Å². The van der Waals surface area contributed by atoms with E-state index in [0.717, 1.165) is 5.57 Å². The van der Waals surface area contributed by atoms with E-state index in [1.54, 1.807) is 18.2 Å². The van der Waals surface area contributed by atoms with Crippen LogP contribution in [-0.2, 0) is 14.3 Å². The Balaban J connectivity index is 3.00. The summed E-state index contributed by atoms with van der Waals surface area (Å²) in [5.41, 5.74) is 0.629. The Hall–Kier alpha value is -1.13. The lowest BCUT2D eigenvalue weighted by molar-refractivity contribution is 0.0934. The third kappa shape index (κ3) is 4.80. The summed E-state index contributed by atoms with van der Waals surface area (Å²) in [5.74, 6) is 0. The van der Waals surface area contributed by atoms with Gasteiger partial charge < -0.3 is 0 Å². The predicted molar refractivity (Wildman–Crippen MR) is 77.4 cm³/mol. The van der Waals surface area contributed by atoms with E-state index in [2.05, 4.69) is 6.58 Å². The number of benzene rings is 1. The standard InChI is InChI=1S/C15H22O3S/c1-12(2)11-14(15(3,4)5)18-19(16,17)13-9-7-6-8-10-13/h6-10,14H,1,11H2,2-5H3. The van der Waals surface area contributed by atoms with Gasteiger partial charge in [0.25, 0.3) is 10.1 Å². The number of hydrogen-bond acceptors (Lipinski definition) is 3. The van der Waals surface area contributed by atoms with Crippen molar-refractivity contribution in [2.45, 2.75) is 45.1 Å². The Morgan fingerprint density at radius 3 is 2.21 bits per heavy atom. The maximum atomic E-state index is 12.2. The van der Waals surface area contributed by atoms with Gasteiger partial charge in [-0.05, 0) is 30.9 Å². The molecule has 0 saturated heterocycles. The molecule has 1 aromatic carbocycles. The molecule has 0 bridgehead atoms. The molecule has 0 amide bonds. The highest BCUT2D eigenvalue weighted by atomic mass is 32.2. The van der Waals surface area contributed by atoms with Crippen molar-refractivity contribution >= 4 is 10.1 Å². The van der Waals surface area contributed by atoms with Crippen LogP contribution in [0.25, 0.3) is 0 Å². The summed E-state index contributed by atoms with van der Waals surface area (Å²) in [5, 5.41) is 0. The predicted octanol–water partition coefficient (Wildman–Crippen LogP) is 3.77. The van der Waals surface area contributed by atoms with Crippen LogP contribution in [0.15, 0.2) is 47.4 Å². The van der Waals surface area contributed by atoms with Crippen LogP contribution in [-0.4, -0.2) is 14.5 Å². The van der Waals surface area contributed by atoms with Crippen molar-refractivity contribution in [2.75, 3.05) is 0 Å². The van der Waals surface area contributed by atoms with Crippen molar-refractivity contribution in [3.63, 3.8) is 0 Å². The molecular weight excluding hydrogens is 260 g/mol. The van der Waals surface area contributed by atoms with Gasteiger partial charge in [-0.15, -0.1) is 6.58 Å². The van der Waals surface area contributed by atoms with Gasteiger partial charge >= 0.3 is 0 Å². The van der Waals surface area contributed by atoms with Crippen LogP contribution in [0.5, 0.6) is 0 Å². The van der Waals surface area contributed by atoms with Gasteiger partial charge in [0, 0.05) is 0 Å². The largest absolute Gasteiger partial charge is 0.297 e. The average molecular weight is 282 g/mol. The van der Waals surface area contributed by atoms with Crippen molar-refractivity contribution in [2.24, 2.45) is 5.41 Å². The summed E-state index contributed by atoms with van der Waals surface area (Å²) >= 11 is 0. The Labute approximate surface area is 116 Å². The van der Waals surface area contributed by atoms with Crippen LogP contribution in [0, 0.1) is 5.41 Å². The minimum atomic E-state index is -3.73. The lowest BCUT2D eigenvalue weighted by Crippen LogP contribution is -2.32. The van der Waals surface area contributed by atoms with E-state index in [0.29, 0.717) is 6.42 Å². The van der Waals surface area contributed by atoms with Crippen molar-refractivity contribution in [3.8, 4) is 0 Å². The first-order chi connectivity index (χ1) is 8.63. The lowest BCUT2D eigenvalue weighted by atomic mass is 9.86. The van der Waals surface area contributed by atoms with Crippen molar-refractivity contribution in [1.82, 2.24) is 0 Å². The van der Waals surface area contributed by atoms with E-state index in [-0.39, 0.29) is 10.3 Å². The van der Waals surface area contributed by atoms with Gasteiger partial charge in [-0.2, -0.15) is 8.42 Å². The minimum absolute atomic E-state index is 0.186. The maximum absolute atomic E-state index is 12.2. The van der Waals surface area contributed by atoms with Gasteiger partial charge in [0.15, 0.2) is 0 Å². The fourth-order valence-electron chi connectivity index (χ4n) is 1.60. The molecule has 0 fully saturated rings. The Kier molecular flexibility index (Phi) is 4.93. The molecule has 0 radical (unpaired) electrons. The van der Waals surface area contributed by atoms with Crippen LogP contribution in [0.1, 0.15) is 34.1 Å². The third-order valence-electron chi connectivity index (χ3n) is 2.77. The van der Waals surface area contributed by atoms with Crippen molar-refractivity contribution in [3.05, 3.63) is 42.5 Å². The van der Waals surface area contributed by atoms with E-state index in [9.17, 15) is 8.42 Å². The minimum Gasteiger partial charge on any atom is -0.262 e. The molecule has 0 heterocycles. The Morgan fingerprint density at radius 1 is 1.26 bits per heavy atom. The Morgan fingerprint density at radius 2 is 1.79 bits per heavy atom. The van der Waals surface area contributed by atoms with Gasteiger partial charge in [-0.1, -0.05) is 44.5 Å². The normalized spacial score (nSPS) is 14.1. The molecule has 1 unspecified atom stereocenters. The number of hydrogen-bond donors (Lipinski definition) is 0. The monoisotopic (exact) mass is 282 g/mol. The Bertz CT molecular complexity index is 524. The molecule has 0 spiro atoms. The first-order valence-electron chi connectivity index (χ1n) is 6.25. The second-order valence-corrected chi connectivity index (χ2v) is 7.45. The number of rotatable bonds is 5. The van der Waals surface area contributed by atoms with Crippen molar-refractivity contribution in [1.29, 1.82) is 0 Å². The van der Waals surface area contributed by atoms with Crippen LogP contribution < -0.4 is 0 Å². The zero-order valence-corrected chi connectivity index (χ0v) is 12.8. The first kappa shape index (κ1) is 15.9. The van der Waals surface area contributed by atoms with Gasteiger partial charge in [-0.3, -0.25) is 4.18 Å².